The van der Waals surface area contributed by atoms with Crippen LogP contribution >= 0.6 is 0 Å². The highest BCUT2D eigenvalue weighted by Gasteiger charge is 2.40. The van der Waals surface area contributed by atoms with Gasteiger partial charge in [0.25, 0.3) is 23.6 Å². The molecule has 6 heteroatoms. The topological polar surface area (TPSA) is 74.8 Å². The predicted octanol–water partition coefficient (Wildman–Crippen LogP) is 6.51. The highest BCUT2D eigenvalue weighted by Crippen LogP contribution is 2.37. The van der Waals surface area contributed by atoms with Gasteiger partial charge < -0.3 is 0 Å². The molecule has 0 atom stereocenters. The summed E-state index contributed by atoms with van der Waals surface area (Å²) in [6.07, 6.45) is 2.76. The number of nitrogens with zero attached hydrogens (tertiary/aromatic N) is 2. The van der Waals surface area contributed by atoms with Gasteiger partial charge in [-0.1, -0.05) is 134 Å². The molecule has 2 aliphatic heterocycles. The molecule has 2 aliphatic rings. The van der Waals surface area contributed by atoms with Gasteiger partial charge in [-0.25, -0.2) is 0 Å². The number of hydrogen-bond donors (Lipinski definition) is 0. The summed E-state index contributed by atoms with van der Waals surface area (Å²) < 4.78 is 0. The van der Waals surface area contributed by atoms with Crippen LogP contribution in [0.3, 0.4) is 0 Å². The Kier molecular flexibility index (Phi) is 8.41. The number of carbonyl (C=O) groups is 4. The lowest BCUT2D eigenvalue weighted by Gasteiger charge is -2.17. The van der Waals surface area contributed by atoms with Crippen molar-refractivity contribution >= 4 is 45.9 Å². The second-order valence-electron chi connectivity index (χ2n) is 10.9. The summed E-state index contributed by atoms with van der Waals surface area (Å²) in [5.41, 5.74) is 4.65. The number of benzene rings is 4. The van der Waals surface area contributed by atoms with E-state index in [-0.39, 0.29) is 23.6 Å². The summed E-state index contributed by atoms with van der Waals surface area (Å²) in [7, 11) is 0. The van der Waals surface area contributed by atoms with Crippen molar-refractivity contribution < 1.29 is 19.2 Å². The van der Waals surface area contributed by atoms with Gasteiger partial charge in [-0.05, 0) is 35.1 Å². The molecule has 6 nitrogen and oxygen atoms in total. The van der Waals surface area contributed by atoms with Crippen molar-refractivity contribution in [1.29, 1.82) is 0 Å². The maximum atomic E-state index is 13.5. The van der Waals surface area contributed by atoms with E-state index >= 15 is 0 Å². The van der Waals surface area contributed by atoms with Gasteiger partial charge in [0, 0.05) is 13.1 Å². The van der Waals surface area contributed by atoms with E-state index in [1.807, 2.05) is 121 Å². The Labute approximate surface area is 256 Å². The minimum absolute atomic E-state index is 0.277. The third kappa shape index (κ3) is 5.54. The molecular weight excluding hydrogens is 548 g/mol. The molecule has 0 bridgehead atoms. The molecule has 4 aromatic carbocycles. The Hall–Kier alpha value is -5.36. The Bertz CT molecular complexity index is 1510. The number of rotatable bonds is 11. The molecule has 0 aliphatic carbocycles. The van der Waals surface area contributed by atoms with Gasteiger partial charge in [-0.15, -0.1) is 0 Å². The zero-order valence-corrected chi connectivity index (χ0v) is 24.3. The molecule has 0 unspecified atom stereocenters. The molecule has 0 saturated carbocycles. The van der Waals surface area contributed by atoms with Crippen LogP contribution < -0.4 is 0 Å². The fraction of sp³-hybridized carbons (Fsp3) is 0.158. The van der Waals surface area contributed by atoms with Crippen molar-refractivity contribution in [1.82, 2.24) is 9.80 Å². The predicted molar refractivity (Wildman–Crippen MR) is 171 cm³/mol. The smallest absolute Gasteiger partial charge is 0.262 e. The Morgan fingerprint density at radius 3 is 0.773 bits per heavy atom. The van der Waals surface area contributed by atoms with Crippen LogP contribution in [0.25, 0.3) is 22.3 Å². The van der Waals surface area contributed by atoms with Gasteiger partial charge >= 0.3 is 0 Å². The van der Waals surface area contributed by atoms with Crippen molar-refractivity contribution in [3.63, 3.8) is 0 Å². The van der Waals surface area contributed by atoms with Crippen molar-refractivity contribution in [2.75, 3.05) is 13.1 Å². The second-order valence-corrected chi connectivity index (χ2v) is 10.9. The quantitative estimate of drug-likeness (QED) is 0.150. The van der Waals surface area contributed by atoms with Crippen LogP contribution in [0.4, 0.5) is 0 Å². The van der Waals surface area contributed by atoms with E-state index in [0.29, 0.717) is 48.2 Å². The zero-order chi connectivity index (χ0) is 30.5. The molecule has 0 spiro atoms. The van der Waals surface area contributed by atoms with Crippen LogP contribution in [-0.4, -0.2) is 46.5 Å². The molecule has 0 fully saturated rings. The number of amides is 4. The van der Waals surface area contributed by atoms with Gasteiger partial charge in [-0.3, -0.25) is 29.0 Å². The Morgan fingerprint density at radius 2 is 0.545 bits per heavy atom. The van der Waals surface area contributed by atoms with Gasteiger partial charge in [0.05, 0.1) is 22.3 Å². The molecule has 2 heterocycles. The molecule has 0 radical (unpaired) electrons. The Morgan fingerprint density at radius 1 is 0.318 bits per heavy atom. The summed E-state index contributed by atoms with van der Waals surface area (Å²) >= 11 is 0. The van der Waals surface area contributed by atoms with Crippen LogP contribution in [0.15, 0.2) is 121 Å². The van der Waals surface area contributed by atoms with Crippen LogP contribution in [0.5, 0.6) is 0 Å². The van der Waals surface area contributed by atoms with Gasteiger partial charge in [0.2, 0.25) is 0 Å². The average molecular weight is 581 g/mol. The summed E-state index contributed by atoms with van der Waals surface area (Å²) in [5, 5.41) is 0. The summed E-state index contributed by atoms with van der Waals surface area (Å²) in [4.78, 5) is 56.8. The number of hydrogen-bond acceptors (Lipinski definition) is 4. The van der Waals surface area contributed by atoms with E-state index in [0.717, 1.165) is 35.1 Å². The second kappa shape index (κ2) is 12.9. The third-order valence-corrected chi connectivity index (χ3v) is 8.10. The van der Waals surface area contributed by atoms with Gasteiger partial charge in [-0.2, -0.15) is 0 Å². The van der Waals surface area contributed by atoms with Crippen LogP contribution in [-0.2, 0) is 19.2 Å². The van der Waals surface area contributed by atoms with Gasteiger partial charge in [0.15, 0.2) is 0 Å². The largest absolute Gasteiger partial charge is 0.274 e. The summed E-state index contributed by atoms with van der Waals surface area (Å²) in [6.45, 7) is 0.619. The lowest BCUT2D eigenvalue weighted by molar-refractivity contribution is -0.137. The molecule has 0 saturated heterocycles. The van der Waals surface area contributed by atoms with Crippen molar-refractivity contribution in [2.24, 2.45) is 0 Å². The van der Waals surface area contributed by atoms with Crippen LogP contribution in [0.2, 0.25) is 0 Å². The van der Waals surface area contributed by atoms with E-state index in [9.17, 15) is 19.2 Å². The minimum Gasteiger partial charge on any atom is -0.274 e. The Balaban J connectivity index is 1.08. The zero-order valence-electron chi connectivity index (χ0n) is 24.3. The number of unbranched alkanes of at least 4 members (excludes halogenated alkanes) is 3. The molecule has 6 rings (SSSR count). The summed E-state index contributed by atoms with van der Waals surface area (Å²) in [5.74, 6) is -1.11. The van der Waals surface area contributed by atoms with Crippen LogP contribution in [0.1, 0.15) is 47.9 Å². The molecular formula is C38H32N2O4. The normalized spacial score (nSPS) is 15.3. The first-order chi connectivity index (χ1) is 21.6. The van der Waals surface area contributed by atoms with E-state index in [1.165, 1.54) is 9.80 Å². The van der Waals surface area contributed by atoms with E-state index < -0.39 is 0 Å². The molecule has 4 amide bonds. The lowest BCUT2D eigenvalue weighted by atomic mass is 9.96. The molecule has 4 aromatic rings. The van der Waals surface area contributed by atoms with E-state index in [2.05, 4.69) is 0 Å². The number of carbonyl (C=O) groups excluding carboxylic acids is 4. The van der Waals surface area contributed by atoms with Crippen molar-refractivity contribution in [2.45, 2.75) is 25.7 Å². The van der Waals surface area contributed by atoms with E-state index in [4.69, 9.17) is 0 Å². The first-order valence-corrected chi connectivity index (χ1v) is 15.0. The molecule has 218 valence electrons. The van der Waals surface area contributed by atoms with Crippen molar-refractivity contribution in [3.05, 3.63) is 144 Å². The monoisotopic (exact) mass is 580 g/mol. The standard InChI is InChI=1S/C38H32N2O4/c41-35-31(27-17-7-3-8-18-27)32(28-19-9-4-10-20-28)36(42)39(35)25-15-1-2-16-26-40-37(43)33(29-21-11-5-12-22-29)34(38(40)44)30-23-13-6-14-24-30/h3-14,17-24H,1-2,15-16,25-26H2. The third-order valence-electron chi connectivity index (χ3n) is 8.10. The first-order valence-electron chi connectivity index (χ1n) is 15.0. The minimum atomic E-state index is -0.277. The van der Waals surface area contributed by atoms with Crippen LogP contribution in [0, 0.1) is 0 Å². The number of imide groups is 2. The maximum Gasteiger partial charge on any atom is 0.262 e. The lowest BCUT2D eigenvalue weighted by Crippen LogP contribution is -2.33. The molecule has 0 N–H and O–H groups in total. The highest BCUT2D eigenvalue weighted by atomic mass is 16.2. The molecule has 0 aromatic heterocycles. The van der Waals surface area contributed by atoms with Gasteiger partial charge in [0.1, 0.15) is 0 Å². The first kappa shape index (κ1) is 28.7. The summed E-state index contributed by atoms with van der Waals surface area (Å²) in [6, 6.07) is 37.3. The average Bonchev–Trinajstić information content (AvgIpc) is 3.47. The highest BCUT2D eigenvalue weighted by molar-refractivity contribution is 6.49. The van der Waals surface area contributed by atoms with Crippen molar-refractivity contribution in [3.8, 4) is 0 Å². The fourth-order valence-corrected chi connectivity index (χ4v) is 5.94. The van der Waals surface area contributed by atoms with E-state index in [1.54, 1.807) is 0 Å². The molecule has 44 heavy (non-hydrogen) atoms. The SMILES string of the molecule is O=C1C(c2ccccc2)=C(c2ccccc2)C(=O)N1CCCCCCN1C(=O)C(c2ccccc2)=C(c2ccccc2)C1=O. The fourth-order valence-electron chi connectivity index (χ4n) is 5.94. The maximum absolute atomic E-state index is 13.5.